The van der Waals surface area contributed by atoms with Crippen LogP contribution in [0.4, 0.5) is 11.4 Å². The molecule has 2 heterocycles. The second-order valence-corrected chi connectivity index (χ2v) is 8.47. The molecule has 0 unspecified atom stereocenters. The van der Waals surface area contributed by atoms with Crippen LogP contribution in [0.15, 0.2) is 53.1 Å². The molecule has 2 fully saturated rings. The molecule has 1 N–H and O–H groups in total. The number of hydrogen-bond donors (Lipinski definition) is 1. The summed E-state index contributed by atoms with van der Waals surface area (Å²) in [4.78, 5) is 31.5. The summed E-state index contributed by atoms with van der Waals surface area (Å²) in [6.07, 6.45) is 3.53. The first-order valence-electron chi connectivity index (χ1n) is 10.4. The minimum atomic E-state index is -0.428. The van der Waals surface area contributed by atoms with E-state index in [2.05, 4.69) is 15.5 Å². The number of amides is 2. The van der Waals surface area contributed by atoms with Crippen LogP contribution in [0.1, 0.15) is 37.5 Å². The van der Waals surface area contributed by atoms with Crippen LogP contribution in [0.2, 0.25) is 5.02 Å². The molecule has 2 amide bonds. The van der Waals surface area contributed by atoms with E-state index < -0.39 is 5.92 Å². The lowest BCUT2D eigenvalue weighted by Crippen LogP contribution is -2.28. The van der Waals surface area contributed by atoms with Crippen molar-refractivity contribution in [3.63, 3.8) is 0 Å². The highest BCUT2D eigenvalue weighted by Crippen LogP contribution is 2.36. The standard InChI is InChI=1S/C23H21ClN4O3/c24-17-7-9-18(10-8-17)25-22(30)16-12-20(29)28(13-16)19-6-2-5-15(11-19)21-26-23(31-27-21)14-3-1-4-14/h2,5-11,14,16H,1,3-4,12-13H2,(H,25,30)/t16-/m1/s1. The van der Waals surface area contributed by atoms with Gasteiger partial charge < -0.3 is 14.7 Å². The van der Waals surface area contributed by atoms with E-state index in [9.17, 15) is 9.59 Å². The van der Waals surface area contributed by atoms with Crippen molar-refractivity contribution in [1.82, 2.24) is 10.1 Å². The number of hydrogen-bond acceptors (Lipinski definition) is 5. The van der Waals surface area contributed by atoms with Crippen LogP contribution in [0.3, 0.4) is 0 Å². The van der Waals surface area contributed by atoms with Crippen molar-refractivity contribution < 1.29 is 14.1 Å². The van der Waals surface area contributed by atoms with Crippen molar-refractivity contribution in [2.45, 2.75) is 31.6 Å². The fourth-order valence-electron chi connectivity index (χ4n) is 3.90. The molecule has 2 aromatic carbocycles. The van der Waals surface area contributed by atoms with Crippen LogP contribution < -0.4 is 10.2 Å². The summed E-state index contributed by atoms with van der Waals surface area (Å²) in [6.45, 7) is 0.321. The number of carbonyl (C=O) groups excluding carboxylic acids is 2. The molecular formula is C23H21ClN4O3. The Hall–Kier alpha value is -3.19. The lowest BCUT2D eigenvalue weighted by atomic mass is 9.85. The Labute approximate surface area is 184 Å². The Morgan fingerprint density at radius 1 is 1.16 bits per heavy atom. The average Bonchev–Trinajstić information content (AvgIpc) is 3.36. The number of rotatable bonds is 5. The maximum absolute atomic E-state index is 12.7. The Kier molecular flexibility index (Phi) is 5.19. The van der Waals surface area contributed by atoms with Crippen molar-refractivity contribution in [3.8, 4) is 11.4 Å². The van der Waals surface area contributed by atoms with Gasteiger partial charge in [-0.15, -0.1) is 0 Å². The number of anilines is 2. The van der Waals surface area contributed by atoms with Gasteiger partial charge in [0.25, 0.3) is 0 Å². The quantitative estimate of drug-likeness (QED) is 0.629. The fourth-order valence-corrected chi connectivity index (χ4v) is 4.02. The molecule has 7 nitrogen and oxygen atoms in total. The zero-order valence-electron chi connectivity index (χ0n) is 16.8. The van der Waals surface area contributed by atoms with Crippen LogP contribution in [0, 0.1) is 5.92 Å². The molecule has 2 aliphatic rings. The summed E-state index contributed by atoms with van der Waals surface area (Å²) >= 11 is 5.89. The molecule has 3 aromatic rings. The number of aromatic nitrogens is 2. The molecule has 0 radical (unpaired) electrons. The fraction of sp³-hybridized carbons (Fsp3) is 0.304. The van der Waals surface area contributed by atoms with Crippen LogP contribution >= 0.6 is 11.6 Å². The molecule has 5 rings (SSSR count). The topological polar surface area (TPSA) is 88.3 Å². The Balaban J connectivity index is 1.29. The largest absolute Gasteiger partial charge is 0.339 e. The first-order chi connectivity index (χ1) is 15.1. The Morgan fingerprint density at radius 3 is 2.71 bits per heavy atom. The second kappa shape index (κ2) is 8.15. The number of halogens is 1. The summed E-state index contributed by atoms with van der Waals surface area (Å²) in [5.74, 6) is 0.872. The van der Waals surface area contributed by atoms with Gasteiger partial charge in [0.1, 0.15) is 0 Å². The van der Waals surface area contributed by atoms with E-state index in [1.807, 2.05) is 24.3 Å². The molecular weight excluding hydrogens is 416 g/mol. The van der Waals surface area contributed by atoms with Gasteiger partial charge in [0.2, 0.25) is 23.5 Å². The minimum Gasteiger partial charge on any atom is -0.339 e. The van der Waals surface area contributed by atoms with E-state index in [0.717, 1.165) is 24.1 Å². The van der Waals surface area contributed by atoms with E-state index >= 15 is 0 Å². The predicted octanol–water partition coefficient (Wildman–Crippen LogP) is 4.65. The maximum atomic E-state index is 12.7. The highest BCUT2D eigenvalue weighted by molar-refractivity contribution is 6.30. The molecule has 158 valence electrons. The summed E-state index contributed by atoms with van der Waals surface area (Å²) < 4.78 is 5.42. The number of benzene rings is 2. The molecule has 0 bridgehead atoms. The summed E-state index contributed by atoms with van der Waals surface area (Å²) in [6, 6.07) is 14.4. The third-order valence-electron chi connectivity index (χ3n) is 5.92. The van der Waals surface area contributed by atoms with Gasteiger partial charge in [-0.25, -0.2) is 0 Å². The molecule has 0 spiro atoms. The SMILES string of the molecule is O=C(Nc1ccc(Cl)cc1)[C@@H]1CC(=O)N(c2cccc(-c3noc(C4CCC4)n3)c2)C1. The van der Waals surface area contributed by atoms with E-state index in [4.69, 9.17) is 16.1 Å². The van der Waals surface area contributed by atoms with Crippen LogP contribution in [0.25, 0.3) is 11.4 Å². The smallest absolute Gasteiger partial charge is 0.230 e. The zero-order chi connectivity index (χ0) is 21.4. The first-order valence-corrected chi connectivity index (χ1v) is 10.8. The van der Waals surface area contributed by atoms with E-state index in [1.54, 1.807) is 29.2 Å². The third kappa shape index (κ3) is 4.05. The van der Waals surface area contributed by atoms with Gasteiger partial charge in [0.05, 0.1) is 5.92 Å². The number of nitrogens with one attached hydrogen (secondary N) is 1. The van der Waals surface area contributed by atoms with E-state index in [0.29, 0.717) is 34.9 Å². The summed E-state index contributed by atoms with van der Waals surface area (Å²) in [5.41, 5.74) is 2.16. The molecule has 1 aliphatic carbocycles. The van der Waals surface area contributed by atoms with Gasteiger partial charge in [-0.1, -0.05) is 35.3 Å². The molecule has 1 aromatic heterocycles. The van der Waals surface area contributed by atoms with Crippen LogP contribution in [-0.4, -0.2) is 28.5 Å². The normalized spacial score (nSPS) is 18.8. The minimum absolute atomic E-state index is 0.0864. The third-order valence-corrected chi connectivity index (χ3v) is 6.17. The molecule has 1 aliphatic heterocycles. The van der Waals surface area contributed by atoms with Crippen molar-refractivity contribution >= 4 is 34.8 Å². The van der Waals surface area contributed by atoms with Crippen molar-refractivity contribution in [2.75, 3.05) is 16.8 Å². The Bertz CT molecular complexity index is 1120. The van der Waals surface area contributed by atoms with Crippen molar-refractivity contribution in [3.05, 3.63) is 59.4 Å². The van der Waals surface area contributed by atoms with Crippen molar-refractivity contribution in [1.29, 1.82) is 0 Å². The molecule has 1 saturated heterocycles. The molecule has 1 saturated carbocycles. The second-order valence-electron chi connectivity index (χ2n) is 8.04. The lowest BCUT2D eigenvalue weighted by Gasteiger charge is -2.20. The zero-order valence-corrected chi connectivity index (χ0v) is 17.5. The van der Waals surface area contributed by atoms with Gasteiger partial charge in [-0.3, -0.25) is 9.59 Å². The van der Waals surface area contributed by atoms with Gasteiger partial charge in [-0.2, -0.15) is 4.98 Å². The first kappa shape index (κ1) is 19.8. The van der Waals surface area contributed by atoms with Crippen LogP contribution in [-0.2, 0) is 9.59 Å². The number of carbonyl (C=O) groups is 2. The lowest BCUT2D eigenvalue weighted by molar-refractivity contribution is -0.122. The molecule has 8 heteroatoms. The van der Waals surface area contributed by atoms with E-state index in [-0.39, 0.29) is 18.2 Å². The maximum Gasteiger partial charge on any atom is 0.230 e. The Morgan fingerprint density at radius 2 is 1.97 bits per heavy atom. The van der Waals surface area contributed by atoms with Gasteiger partial charge in [-0.05, 0) is 49.2 Å². The monoisotopic (exact) mass is 436 g/mol. The van der Waals surface area contributed by atoms with E-state index in [1.165, 1.54) is 6.42 Å². The highest BCUT2D eigenvalue weighted by atomic mass is 35.5. The van der Waals surface area contributed by atoms with Gasteiger partial charge in [0.15, 0.2) is 0 Å². The van der Waals surface area contributed by atoms with Crippen LogP contribution in [0.5, 0.6) is 0 Å². The molecule has 1 atom stereocenters. The van der Waals surface area contributed by atoms with Crippen molar-refractivity contribution in [2.24, 2.45) is 5.92 Å². The van der Waals surface area contributed by atoms with Gasteiger partial charge >= 0.3 is 0 Å². The predicted molar refractivity (Wildman–Crippen MR) is 117 cm³/mol. The number of nitrogens with zero attached hydrogens (tertiary/aromatic N) is 3. The average molecular weight is 437 g/mol. The molecule has 31 heavy (non-hydrogen) atoms. The highest BCUT2D eigenvalue weighted by Gasteiger charge is 2.35. The summed E-state index contributed by atoms with van der Waals surface area (Å²) in [7, 11) is 0. The summed E-state index contributed by atoms with van der Waals surface area (Å²) in [5, 5.41) is 7.56. The van der Waals surface area contributed by atoms with Gasteiger partial charge in [0, 0.05) is 40.8 Å².